The SMILES string of the molecule is Cn1c(=O)c2c(Nc3ccccn3)cc(=O)n(C)c2n(C)c1=O. The smallest absolute Gasteiger partial charge is 0.332 e. The Morgan fingerprint density at radius 3 is 2.39 bits per heavy atom. The van der Waals surface area contributed by atoms with Gasteiger partial charge in [-0.15, -0.1) is 0 Å². The van der Waals surface area contributed by atoms with Gasteiger partial charge < -0.3 is 5.32 Å². The number of pyridine rings is 2. The van der Waals surface area contributed by atoms with Crippen LogP contribution in [0.3, 0.4) is 0 Å². The van der Waals surface area contributed by atoms with Crippen LogP contribution >= 0.6 is 0 Å². The predicted octanol–water partition coefficient (Wildman–Crippen LogP) is 0.0745. The first kappa shape index (κ1) is 14.8. The fourth-order valence-corrected chi connectivity index (χ4v) is 2.53. The lowest BCUT2D eigenvalue weighted by molar-refractivity contribution is 0.689. The van der Waals surface area contributed by atoms with Crippen LogP contribution in [0, 0.1) is 0 Å². The lowest BCUT2D eigenvalue weighted by atomic mass is 10.2. The summed E-state index contributed by atoms with van der Waals surface area (Å²) >= 11 is 0. The molecular formula is C15H15N5O3. The van der Waals surface area contributed by atoms with E-state index in [0.717, 1.165) is 4.57 Å². The number of hydrogen-bond donors (Lipinski definition) is 1. The van der Waals surface area contributed by atoms with Gasteiger partial charge in [-0.1, -0.05) is 6.07 Å². The molecule has 3 aromatic rings. The van der Waals surface area contributed by atoms with E-state index in [1.54, 1.807) is 24.4 Å². The van der Waals surface area contributed by atoms with E-state index < -0.39 is 11.2 Å². The second-order valence-corrected chi connectivity index (χ2v) is 5.20. The molecule has 0 aromatic carbocycles. The maximum atomic E-state index is 12.5. The summed E-state index contributed by atoms with van der Waals surface area (Å²) in [6.45, 7) is 0. The highest BCUT2D eigenvalue weighted by molar-refractivity contribution is 5.90. The first-order chi connectivity index (χ1) is 10.9. The molecule has 0 spiro atoms. The van der Waals surface area contributed by atoms with Crippen molar-refractivity contribution in [2.75, 3.05) is 5.32 Å². The molecule has 0 fully saturated rings. The fraction of sp³-hybridized carbons (Fsp3) is 0.200. The van der Waals surface area contributed by atoms with E-state index in [4.69, 9.17) is 0 Å². The summed E-state index contributed by atoms with van der Waals surface area (Å²) in [4.78, 5) is 41.0. The van der Waals surface area contributed by atoms with Crippen LogP contribution in [0.5, 0.6) is 0 Å². The van der Waals surface area contributed by atoms with Crippen LogP contribution in [0.2, 0.25) is 0 Å². The molecule has 0 atom stereocenters. The largest absolute Gasteiger partial charge is 0.339 e. The van der Waals surface area contributed by atoms with E-state index in [-0.39, 0.29) is 16.6 Å². The molecule has 118 valence electrons. The summed E-state index contributed by atoms with van der Waals surface area (Å²) in [7, 11) is 4.45. The number of nitrogens with zero attached hydrogens (tertiary/aromatic N) is 4. The van der Waals surface area contributed by atoms with Gasteiger partial charge in [-0.2, -0.15) is 0 Å². The summed E-state index contributed by atoms with van der Waals surface area (Å²) in [5.74, 6) is 0.498. The zero-order chi connectivity index (χ0) is 16.7. The Hall–Kier alpha value is -3.16. The van der Waals surface area contributed by atoms with Crippen LogP contribution < -0.4 is 22.1 Å². The third-order valence-corrected chi connectivity index (χ3v) is 3.75. The average molecular weight is 313 g/mol. The Labute approximate surface area is 130 Å². The summed E-state index contributed by atoms with van der Waals surface area (Å²) in [5, 5.41) is 3.23. The standard InChI is InChI=1S/C15H15N5O3/c1-18-11(21)8-9(17-10-6-4-5-7-16-10)12-13(18)19(2)15(23)20(3)14(12)22/h4-8H,1-3H3,(H,16,17). The molecule has 3 heterocycles. The Morgan fingerprint density at radius 1 is 1.00 bits per heavy atom. The average Bonchev–Trinajstić information content (AvgIpc) is 2.55. The van der Waals surface area contributed by atoms with Crippen LogP contribution in [-0.4, -0.2) is 18.7 Å². The van der Waals surface area contributed by atoms with Gasteiger partial charge in [-0.3, -0.25) is 23.3 Å². The molecule has 0 aliphatic rings. The third-order valence-electron chi connectivity index (χ3n) is 3.75. The molecule has 0 saturated carbocycles. The molecule has 8 nitrogen and oxygen atoms in total. The Morgan fingerprint density at radius 2 is 1.74 bits per heavy atom. The maximum Gasteiger partial charge on any atom is 0.332 e. The molecule has 0 bridgehead atoms. The molecule has 8 heteroatoms. The van der Waals surface area contributed by atoms with Crippen LogP contribution in [0.1, 0.15) is 0 Å². The summed E-state index contributed by atoms with van der Waals surface area (Å²) in [6, 6.07) is 6.58. The third kappa shape index (κ3) is 2.24. The van der Waals surface area contributed by atoms with Gasteiger partial charge in [0.2, 0.25) is 0 Å². The maximum absolute atomic E-state index is 12.5. The zero-order valence-electron chi connectivity index (χ0n) is 12.9. The molecule has 1 N–H and O–H groups in total. The van der Waals surface area contributed by atoms with Crippen molar-refractivity contribution in [2.24, 2.45) is 21.1 Å². The minimum absolute atomic E-state index is 0.252. The van der Waals surface area contributed by atoms with E-state index in [2.05, 4.69) is 10.3 Å². The minimum Gasteiger partial charge on any atom is -0.339 e. The number of fused-ring (bicyclic) bond motifs is 1. The van der Waals surface area contributed by atoms with Crippen molar-refractivity contribution in [3.05, 3.63) is 61.7 Å². The van der Waals surface area contributed by atoms with Crippen molar-refractivity contribution < 1.29 is 0 Å². The molecule has 0 aliphatic carbocycles. The first-order valence-corrected chi connectivity index (χ1v) is 6.89. The van der Waals surface area contributed by atoms with Gasteiger partial charge in [0.05, 0.1) is 5.69 Å². The van der Waals surface area contributed by atoms with Crippen LogP contribution in [0.25, 0.3) is 11.0 Å². The highest BCUT2D eigenvalue weighted by atomic mass is 16.2. The Balaban J connectivity index is 2.44. The molecular weight excluding hydrogens is 298 g/mol. The van der Waals surface area contributed by atoms with Gasteiger partial charge in [0.1, 0.15) is 16.9 Å². The highest BCUT2D eigenvalue weighted by Gasteiger charge is 2.16. The number of aromatic nitrogens is 4. The molecule has 0 saturated heterocycles. The van der Waals surface area contributed by atoms with Crippen molar-refractivity contribution in [1.29, 1.82) is 0 Å². The summed E-state index contributed by atoms with van der Waals surface area (Å²) in [6.07, 6.45) is 1.60. The molecule has 0 radical (unpaired) electrons. The van der Waals surface area contributed by atoms with E-state index in [0.29, 0.717) is 11.5 Å². The lowest BCUT2D eigenvalue weighted by Gasteiger charge is -2.14. The van der Waals surface area contributed by atoms with E-state index in [1.807, 2.05) is 0 Å². The van der Waals surface area contributed by atoms with Crippen molar-refractivity contribution >= 4 is 22.5 Å². The van der Waals surface area contributed by atoms with Crippen molar-refractivity contribution in [3.8, 4) is 0 Å². The van der Waals surface area contributed by atoms with Gasteiger partial charge in [0, 0.05) is 33.4 Å². The monoisotopic (exact) mass is 313 g/mol. The number of aryl methyl sites for hydroxylation is 2. The van der Waals surface area contributed by atoms with Gasteiger partial charge >= 0.3 is 5.69 Å². The molecule has 23 heavy (non-hydrogen) atoms. The predicted molar refractivity (Wildman–Crippen MR) is 87.2 cm³/mol. The quantitative estimate of drug-likeness (QED) is 0.723. The molecule has 0 amide bonds. The number of hydrogen-bond acceptors (Lipinski definition) is 5. The molecule has 0 aliphatic heterocycles. The molecule has 3 aromatic heterocycles. The minimum atomic E-state index is -0.493. The summed E-state index contributed by atoms with van der Waals surface area (Å²) in [5.41, 5.74) is -0.731. The topological polar surface area (TPSA) is 90.9 Å². The van der Waals surface area contributed by atoms with E-state index in [1.165, 1.54) is 36.3 Å². The van der Waals surface area contributed by atoms with Crippen LogP contribution in [-0.2, 0) is 21.1 Å². The van der Waals surface area contributed by atoms with Gasteiger partial charge in [0.25, 0.3) is 11.1 Å². The number of nitrogens with one attached hydrogen (secondary N) is 1. The first-order valence-electron chi connectivity index (χ1n) is 6.89. The van der Waals surface area contributed by atoms with E-state index in [9.17, 15) is 14.4 Å². The van der Waals surface area contributed by atoms with Crippen LogP contribution in [0.15, 0.2) is 44.8 Å². The number of rotatable bonds is 2. The van der Waals surface area contributed by atoms with Crippen molar-refractivity contribution in [3.63, 3.8) is 0 Å². The fourth-order valence-electron chi connectivity index (χ4n) is 2.53. The Kier molecular flexibility index (Phi) is 3.36. The summed E-state index contributed by atoms with van der Waals surface area (Å²) < 4.78 is 3.57. The van der Waals surface area contributed by atoms with Gasteiger partial charge in [-0.25, -0.2) is 9.78 Å². The highest BCUT2D eigenvalue weighted by Crippen LogP contribution is 2.19. The van der Waals surface area contributed by atoms with Gasteiger partial charge in [0.15, 0.2) is 0 Å². The van der Waals surface area contributed by atoms with Gasteiger partial charge in [-0.05, 0) is 12.1 Å². The van der Waals surface area contributed by atoms with E-state index >= 15 is 0 Å². The number of anilines is 2. The molecule has 3 rings (SSSR count). The lowest BCUT2D eigenvalue weighted by Crippen LogP contribution is -2.39. The normalized spacial score (nSPS) is 10.9. The van der Waals surface area contributed by atoms with Crippen LogP contribution in [0.4, 0.5) is 11.5 Å². The zero-order valence-corrected chi connectivity index (χ0v) is 12.9. The second-order valence-electron chi connectivity index (χ2n) is 5.20. The second kappa shape index (κ2) is 5.24. The Bertz CT molecular complexity index is 1080. The molecule has 0 unspecified atom stereocenters. The van der Waals surface area contributed by atoms with Crippen molar-refractivity contribution in [2.45, 2.75) is 0 Å². The van der Waals surface area contributed by atoms with Crippen molar-refractivity contribution in [1.82, 2.24) is 18.7 Å².